The van der Waals surface area contributed by atoms with Gasteiger partial charge in [0.05, 0.1) is 6.04 Å². The molecule has 1 aromatic carbocycles. The van der Waals surface area contributed by atoms with Gasteiger partial charge in [-0.05, 0) is 58.2 Å². The number of hydrogen-bond acceptors (Lipinski definition) is 6. The van der Waals surface area contributed by atoms with Crippen LogP contribution in [0.25, 0.3) is 0 Å². The van der Waals surface area contributed by atoms with Gasteiger partial charge < -0.3 is 14.4 Å². The Balaban J connectivity index is 1.73. The van der Waals surface area contributed by atoms with Crippen molar-refractivity contribution in [1.29, 1.82) is 0 Å². The van der Waals surface area contributed by atoms with E-state index in [0.717, 1.165) is 16.7 Å². The molecule has 2 aromatic rings. The van der Waals surface area contributed by atoms with Crippen LogP contribution >= 0.6 is 11.6 Å². The van der Waals surface area contributed by atoms with Crippen molar-refractivity contribution in [3.05, 3.63) is 39.7 Å². The highest BCUT2D eigenvalue weighted by Crippen LogP contribution is 2.42. The summed E-state index contributed by atoms with van der Waals surface area (Å²) in [6, 6.07) is 2.74. The first-order valence-corrected chi connectivity index (χ1v) is 12.6. The highest BCUT2D eigenvalue weighted by Gasteiger charge is 2.40. The number of halogens is 3. The van der Waals surface area contributed by atoms with Gasteiger partial charge in [-0.2, -0.15) is 0 Å². The first kappa shape index (κ1) is 27.1. The molecule has 0 saturated carbocycles. The van der Waals surface area contributed by atoms with E-state index in [4.69, 9.17) is 21.1 Å². The monoisotopic (exact) mass is 539 g/mol. The third-order valence-corrected chi connectivity index (χ3v) is 7.07. The highest BCUT2D eigenvalue weighted by atomic mass is 35.5. The molecule has 2 aliphatic heterocycles. The molecule has 1 aromatic heterocycles. The van der Waals surface area contributed by atoms with Crippen LogP contribution in [0, 0.1) is 0 Å². The van der Waals surface area contributed by atoms with Crippen molar-refractivity contribution in [1.82, 2.24) is 24.8 Å². The zero-order chi connectivity index (χ0) is 27.1. The number of carbonyl (C=O) groups excluding carboxylic acids is 2. The summed E-state index contributed by atoms with van der Waals surface area (Å²) < 4.78 is 39.8. The van der Waals surface area contributed by atoms with Crippen molar-refractivity contribution in [2.24, 2.45) is 7.05 Å². The second kappa shape index (κ2) is 10.4. The van der Waals surface area contributed by atoms with Gasteiger partial charge in [0.15, 0.2) is 0 Å². The molecule has 1 saturated heterocycles. The van der Waals surface area contributed by atoms with E-state index in [9.17, 15) is 18.4 Å². The lowest BCUT2D eigenvalue weighted by molar-refractivity contribution is -0.129. The minimum absolute atomic E-state index is 0.00870. The number of ether oxygens (including phenoxy) is 2. The summed E-state index contributed by atoms with van der Waals surface area (Å²) >= 11 is 6.58. The zero-order valence-electron chi connectivity index (χ0n) is 21.6. The molecule has 0 aliphatic carbocycles. The maximum absolute atomic E-state index is 13.5. The second-order valence-electron chi connectivity index (χ2n) is 10.4. The summed E-state index contributed by atoms with van der Waals surface area (Å²) in [7, 11) is 1.39. The quantitative estimate of drug-likeness (QED) is 0.522. The standard InChI is InChI=1S/C25H32ClF2N5O4/c1-14-6-9-20(34)33(14)12-18-21-15(10-11-32(18)24(35)37-25(2,3)4)16(26)7-8-19(21)36-13-17-22(23(27)28)31(5)30-29-17/h7-8,14,18,23H,6,9-13H2,1-5H3/t14-,18+/m0/s1. The van der Waals surface area contributed by atoms with E-state index in [1.807, 2.05) is 6.92 Å². The van der Waals surface area contributed by atoms with Crippen molar-refractivity contribution < 1.29 is 27.8 Å². The Morgan fingerprint density at radius 3 is 2.62 bits per heavy atom. The van der Waals surface area contributed by atoms with Crippen molar-refractivity contribution >= 4 is 23.6 Å². The summed E-state index contributed by atoms with van der Waals surface area (Å²) in [6.45, 7) is 7.66. The molecular formula is C25H32ClF2N5O4. The molecule has 12 heteroatoms. The van der Waals surface area contributed by atoms with Crippen LogP contribution in [0.15, 0.2) is 12.1 Å². The van der Waals surface area contributed by atoms with Gasteiger partial charge in [-0.15, -0.1) is 5.10 Å². The van der Waals surface area contributed by atoms with E-state index in [-0.39, 0.29) is 36.5 Å². The fourth-order valence-electron chi connectivity index (χ4n) is 4.90. The predicted molar refractivity (Wildman–Crippen MR) is 132 cm³/mol. The normalized spacial score (nSPS) is 20.0. The van der Waals surface area contributed by atoms with Crippen molar-refractivity contribution in [3.63, 3.8) is 0 Å². The third kappa shape index (κ3) is 5.66. The molecule has 2 atom stereocenters. The Kier molecular flexibility index (Phi) is 7.64. The molecule has 3 heterocycles. The maximum atomic E-state index is 13.5. The van der Waals surface area contributed by atoms with E-state index in [0.29, 0.717) is 35.7 Å². The van der Waals surface area contributed by atoms with Crippen LogP contribution in [0.2, 0.25) is 5.02 Å². The SMILES string of the molecule is C[C@H]1CCC(=O)N1C[C@@H]1c2c(OCc3nnn(C)c3C(F)F)ccc(Cl)c2CCN1C(=O)OC(C)(C)C. The van der Waals surface area contributed by atoms with Gasteiger partial charge in [0.2, 0.25) is 5.91 Å². The number of alkyl halides is 2. The van der Waals surface area contributed by atoms with Crippen LogP contribution in [0.5, 0.6) is 5.75 Å². The van der Waals surface area contributed by atoms with Crippen molar-refractivity contribution in [2.75, 3.05) is 13.1 Å². The van der Waals surface area contributed by atoms with Gasteiger partial charge in [-0.25, -0.2) is 18.3 Å². The number of aromatic nitrogens is 3. The minimum Gasteiger partial charge on any atom is -0.487 e. The van der Waals surface area contributed by atoms with Crippen molar-refractivity contribution in [2.45, 2.75) is 77.7 Å². The molecule has 9 nitrogen and oxygen atoms in total. The lowest BCUT2D eigenvalue weighted by Crippen LogP contribution is -2.48. The van der Waals surface area contributed by atoms with Gasteiger partial charge in [-0.1, -0.05) is 16.8 Å². The van der Waals surface area contributed by atoms with Crippen LogP contribution in [-0.2, 0) is 29.6 Å². The molecule has 0 unspecified atom stereocenters. The number of aryl methyl sites for hydroxylation is 1. The Morgan fingerprint density at radius 1 is 1.27 bits per heavy atom. The minimum atomic E-state index is -2.77. The van der Waals surface area contributed by atoms with E-state index in [2.05, 4.69) is 10.3 Å². The summed E-state index contributed by atoms with van der Waals surface area (Å²) in [5.74, 6) is 0.386. The lowest BCUT2D eigenvalue weighted by Gasteiger charge is -2.41. The fourth-order valence-corrected chi connectivity index (χ4v) is 5.16. The average molecular weight is 540 g/mol. The molecule has 2 amide bonds. The molecule has 0 spiro atoms. The van der Waals surface area contributed by atoms with Gasteiger partial charge in [0, 0.05) is 43.2 Å². The first-order chi connectivity index (χ1) is 17.4. The molecule has 202 valence electrons. The van der Waals surface area contributed by atoms with Gasteiger partial charge in [0.25, 0.3) is 6.43 Å². The highest BCUT2D eigenvalue weighted by molar-refractivity contribution is 6.31. The number of benzene rings is 1. The summed E-state index contributed by atoms with van der Waals surface area (Å²) in [5.41, 5.74) is 0.395. The van der Waals surface area contributed by atoms with Crippen LogP contribution in [0.1, 0.15) is 75.5 Å². The van der Waals surface area contributed by atoms with Crippen molar-refractivity contribution in [3.8, 4) is 5.75 Å². The Hall–Kier alpha value is -2.95. The topological polar surface area (TPSA) is 89.8 Å². The number of fused-ring (bicyclic) bond motifs is 1. The number of carbonyl (C=O) groups is 2. The molecule has 0 bridgehead atoms. The molecular weight excluding hydrogens is 508 g/mol. The fraction of sp³-hybridized carbons (Fsp3) is 0.600. The van der Waals surface area contributed by atoms with E-state index in [1.54, 1.807) is 42.7 Å². The summed E-state index contributed by atoms with van der Waals surface area (Å²) in [6.07, 6.45) is -1.67. The maximum Gasteiger partial charge on any atom is 0.410 e. The molecule has 37 heavy (non-hydrogen) atoms. The number of nitrogens with zero attached hydrogens (tertiary/aromatic N) is 5. The number of amides is 2. The second-order valence-corrected chi connectivity index (χ2v) is 10.9. The Morgan fingerprint density at radius 2 is 2.00 bits per heavy atom. The number of hydrogen-bond donors (Lipinski definition) is 0. The van der Waals surface area contributed by atoms with E-state index in [1.165, 1.54) is 7.05 Å². The predicted octanol–water partition coefficient (Wildman–Crippen LogP) is 4.83. The number of rotatable bonds is 6. The molecule has 1 fully saturated rings. The van der Waals surface area contributed by atoms with Gasteiger partial charge in [0.1, 0.15) is 29.3 Å². The Labute approximate surface area is 219 Å². The van der Waals surface area contributed by atoms with Gasteiger partial charge in [-0.3, -0.25) is 9.69 Å². The third-order valence-electron chi connectivity index (χ3n) is 6.71. The van der Waals surface area contributed by atoms with E-state index < -0.39 is 24.2 Å². The van der Waals surface area contributed by atoms with Crippen LogP contribution in [0.3, 0.4) is 0 Å². The van der Waals surface area contributed by atoms with E-state index >= 15 is 0 Å². The van der Waals surface area contributed by atoms with Crippen LogP contribution in [-0.4, -0.2) is 61.5 Å². The molecule has 2 aliphatic rings. The molecule has 0 N–H and O–H groups in total. The summed E-state index contributed by atoms with van der Waals surface area (Å²) in [4.78, 5) is 29.3. The summed E-state index contributed by atoms with van der Waals surface area (Å²) in [5, 5.41) is 8.03. The number of likely N-dealkylation sites (tertiary alicyclic amines) is 1. The van der Waals surface area contributed by atoms with Crippen LogP contribution in [0.4, 0.5) is 13.6 Å². The van der Waals surface area contributed by atoms with Crippen LogP contribution < -0.4 is 4.74 Å². The Bertz CT molecular complexity index is 1180. The molecule has 0 radical (unpaired) electrons. The largest absolute Gasteiger partial charge is 0.487 e. The lowest BCUT2D eigenvalue weighted by atomic mass is 9.91. The smallest absolute Gasteiger partial charge is 0.410 e. The molecule has 4 rings (SSSR count). The first-order valence-electron chi connectivity index (χ1n) is 12.3. The van der Waals surface area contributed by atoms with Gasteiger partial charge >= 0.3 is 6.09 Å². The average Bonchev–Trinajstić information content (AvgIpc) is 3.34. The zero-order valence-corrected chi connectivity index (χ0v) is 22.4.